The second-order valence-corrected chi connectivity index (χ2v) is 5.51. The molecule has 0 saturated carbocycles. The van der Waals surface area contributed by atoms with Crippen molar-refractivity contribution in [1.82, 2.24) is 9.88 Å². The molecule has 2 heterocycles. The van der Waals surface area contributed by atoms with Crippen LogP contribution in [-0.4, -0.2) is 35.1 Å². The zero-order valence-electron chi connectivity index (χ0n) is 12.9. The zero-order chi connectivity index (χ0) is 15.2. The molecule has 2 rings (SSSR count). The molecule has 1 atom stereocenters. The summed E-state index contributed by atoms with van der Waals surface area (Å²) in [6, 6.07) is 6.26. The molecule has 0 amide bonds. The largest absolute Gasteiger partial charge is 0.474 e. The quantitative estimate of drug-likeness (QED) is 0.833. The molecule has 0 aromatic carbocycles. The average Bonchev–Trinajstić information content (AvgIpc) is 2.54. The van der Waals surface area contributed by atoms with Gasteiger partial charge in [0.05, 0.1) is 11.3 Å². The molecule has 1 aliphatic rings. The van der Waals surface area contributed by atoms with Gasteiger partial charge in [-0.15, -0.1) is 0 Å². The molecule has 0 bridgehead atoms. The van der Waals surface area contributed by atoms with E-state index in [1.54, 1.807) is 18.2 Å². The van der Waals surface area contributed by atoms with E-state index in [1.165, 1.54) is 6.42 Å². The van der Waals surface area contributed by atoms with Gasteiger partial charge in [-0.1, -0.05) is 13.5 Å². The minimum Gasteiger partial charge on any atom is -0.474 e. The van der Waals surface area contributed by atoms with Crippen LogP contribution in [0.15, 0.2) is 18.7 Å². The molecule has 0 spiro atoms. The Morgan fingerprint density at radius 1 is 1.52 bits per heavy atom. The summed E-state index contributed by atoms with van der Waals surface area (Å²) < 4.78 is 5.96. The first-order valence-electron chi connectivity index (χ1n) is 7.62. The van der Waals surface area contributed by atoms with E-state index >= 15 is 0 Å². The summed E-state index contributed by atoms with van der Waals surface area (Å²) in [4.78, 5) is 6.87. The maximum atomic E-state index is 8.98. The smallest absolute Gasteiger partial charge is 0.214 e. The Balaban J connectivity index is 1.95. The minimum absolute atomic E-state index is 0.211. The summed E-state index contributed by atoms with van der Waals surface area (Å²) in [7, 11) is 0. The van der Waals surface area contributed by atoms with Gasteiger partial charge in [-0.25, -0.2) is 4.98 Å². The first-order valence-corrected chi connectivity index (χ1v) is 7.62. The summed E-state index contributed by atoms with van der Waals surface area (Å²) in [5.41, 5.74) is 1.12. The predicted molar refractivity (Wildman–Crippen MR) is 84.0 cm³/mol. The Kier molecular flexibility index (Phi) is 5.35. The predicted octanol–water partition coefficient (Wildman–Crippen LogP) is 3.24. The van der Waals surface area contributed by atoms with Crippen molar-refractivity contribution in [3.05, 3.63) is 30.0 Å². The highest BCUT2D eigenvalue weighted by Gasteiger charge is 2.23. The summed E-state index contributed by atoms with van der Waals surface area (Å²) in [5, 5.41) is 8.98. The molecule has 1 unspecified atom stereocenters. The van der Waals surface area contributed by atoms with Crippen LogP contribution in [0.1, 0.15) is 44.4 Å². The van der Waals surface area contributed by atoms with Crippen molar-refractivity contribution in [2.75, 3.05) is 13.1 Å². The van der Waals surface area contributed by atoms with Crippen LogP contribution in [0.3, 0.4) is 0 Å². The van der Waals surface area contributed by atoms with E-state index < -0.39 is 0 Å². The normalized spacial score (nSPS) is 18.0. The van der Waals surface area contributed by atoms with E-state index in [0.29, 0.717) is 23.2 Å². The van der Waals surface area contributed by atoms with Crippen molar-refractivity contribution >= 4 is 6.08 Å². The van der Waals surface area contributed by atoms with Crippen molar-refractivity contribution in [1.29, 1.82) is 5.26 Å². The Morgan fingerprint density at radius 3 is 2.81 bits per heavy atom. The topological polar surface area (TPSA) is 49.1 Å². The Labute approximate surface area is 127 Å². The van der Waals surface area contributed by atoms with Gasteiger partial charge in [0.15, 0.2) is 0 Å². The zero-order valence-corrected chi connectivity index (χ0v) is 12.9. The molecule has 21 heavy (non-hydrogen) atoms. The van der Waals surface area contributed by atoms with E-state index in [0.717, 1.165) is 25.9 Å². The lowest BCUT2D eigenvalue weighted by molar-refractivity contribution is 0.0759. The number of hydrogen-bond donors (Lipinski definition) is 0. The van der Waals surface area contributed by atoms with Crippen LogP contribution >= 0.6 is 0 Å². The number of piperidine rings is 1. The number of likely N-dealkylation sites (tertiary alicyclic amines) is 1. The molecule has 0 aliphatic carbocycles. The maximum absolute atomic E-state index is 8.98. The Morgan fingerprint density at radius 2 is 2.24 bits per heavy atom. The molecule has 0 radical (unpaired) electrons. The lowest BCUT2D eigenvalue weighted by Gasteiger charge is -2.35. The summed E-state index contributed by atoms with van der Waals surface area (Å²) in [6.45, 7) is 10.3. The van der Waals surface area contributed by atoms with Gasteiger partial charge in [0.1, 0.15) is 12.2 Å². The monoisotopic (exact) mass is 285 g/mol. The number of hydrogen-bond acceptors (Lipinski definition) is 4. The lowest BCUT2D eigenvalue weighted by Crippen LogP contribution is -2.42. The average molecular weight is 285 g/mol. The molecule has 1 aromatic rings. The number of aromatic nitrogens is 1. The highest BCUT2D eigenvalue weighted by Crippen LogP contribution is 2.21. The SMILES string of the molecule is C=Cc1nc(OC2CCN(C(C)CC)CC2)ccc1C#N. The molecule has 1 saturated heterocycles. The minimum atomic E-state index is 0.211. The molecule has 0 N–H and O–H groups in total. The fourth-order valence-electron chi connectivity index (χ4n) is 2.64. The molecule has 4 heteroatoms. The Hall–Kier alpha value is -1.86. The second-order valence-electron chi connectivity index (χ2n) is 5.51. The van der Waals surface area contributed by atoms with Crippen LogP contribution in [0, 0.1) is 11.3 Å². The van der Waals surface area contributed by atoms with Crippen molar-refractivity contribution < 1.29 is 4.74 Å². The third-order valence-electron chi connectivity index (χ3n) is 4.19. The molecular weight excluding hydrogens is 262 g/mol. The fraction of sp³-hybridized carbons (Fsp3) is 0.529. The van der Waals surface area contributed by atoms with Gasteiger partial charge in [-0.05, 0) is 38.3 Å². The number of rotatable bonds is 5. The van der Waals surface area contributed by atoms with Gasteiger partial charge in [0.2, 0.25) is 5.88 Å². The summed E-state index contributed by atoms with van der Waals surface area (Å²) in [5.74, 6) is 0.589. The van der Waals surface area contributed by atoms with Crippen LogP contribution in [0.25, 0.3) is 6.08 Å². The standard InChI is InChI=1S/C17H23N3O/c1-4-13(3)20-10-8-15(9-11-20)21-17-7-6-14(12-18)16(5-2)19-17/h5-7,13,15H,2,4,8-11H2,1,3H3. The van der Waals surface area contributed by atoms with Gasteiger partial charge >= 0.3 is 0 Å². The first-order chi connectivity index (χ1) is 10.2. The maximum Gasteiger partial charge on any atom is 0.214 e. The fourth-order valence-corrected chi connectivity index (χ4v) is 2.64. The van der Waals surface area contributed by atoms with Gasteiger partial charge in [0.25, 0.3) is 0 Å². The van der Waals surface area contributed by atoms with E-state index in [-0.39, 0.29) is 6.10 Å². The van der Waals surface area contributed by atoms with Gasteiger partial charge in [-0.2, -0.15) is 5.26 Å². The number of pyridine rings is 1. The van der Waals surface area contributed by atoms with Crippen LogP contribution < -0.4 is 4.74 Å². The molecular formula is C17H23N3O. The third kappa shape index (κ3) is 3.83. The van der Waals surface area contributed by atoms with E-state index in [4.69, 9.17) is 10.00 Å². The highest BCUT2D eigenvalue weighted by molar-refractivity contribution is 5.53. The number of nitrogens with zero attached hydrogens (tertiary/aromatic N) is 3. The van der Waals surface area contributed by atoms with E-state index in [2.05, 4.69) is 36.4 Å². The number of ether oxygens (including phenoxy) is 1. The highest BCUT2D eigenvalue weighted by atomic mass is 16.5. The van der Waals surface area contributed by atoms with Crippen molar-refractivity contribution in [2.45, 2.75) is 45.3 Å². The van der Waals surface area contributed by atoms with Crippen molar-refractivity contribution in [3.63, 3.8) is 0 Å². The van der Waals surface area contributed by atoms with Crippen LogP contribution in [0.2, 0.25) is 0 Å². The van der Waals surface area contributed by atoms with Crippen molar-refractivity contribution in [3.8, 4) is 11.9 Å². The number of nitriles is 1. The van der Waals surface area contributed by atoms with Gasteiger partial charge in [0, 0.05) is 25.2 Å². The first kappa shape index (κ1) is 15.5. The summed E-state index contributed by atoms with van der Waals surface area (Å²) >= 11 is 0. The van der Waals surface area contributed by atoms with Crippen LogP contribution in [0.5, 0.6) is 5.88 Å². The van der Waals surface area contributed by atoms with Crippen LogP contribution in [0.4, 0.5) is 0 Å². The van der Waals surface area contributed by atoms with Crippen LogP contribution in [-0.2, 0) is 0 Å². The third-order valence-corrected chi connectivity index (χ3v) is 4.19. The van der Waals surface area contributed by atoms with E-state index in [1.807, 2.05) is 0 Å². The molecule has 1 aliphatic heterocycles. The lowest BCUT2D eigenvalue weighted by atomic mass is 10.1. The van der Waals surface area contributed by atoms with Gasteiger partial charge in [-0.3, -0.25) is 0 Å². The molecule has 1 aromatic heterocycles. The molecule has 1 fully saturated rings. The molecule has 4 nitrogen and oxygen atoms in total. The van der Waals surface area contributed by atoms with Crippen molar-refractivity contribution in [2.24, 2.45) is 0 Å². The van der Waals surface area contributed by atoms with Gasteiger partial charge < -0.3 is 9.64 Å². The summed E-state index contributed by atoms with van der Waals surface area (Å²) in [6.07, 6.45) is 5.04. The van der Waals surface area contributed by atoms with E-state index in [9.17, 15) is 0 Å². The molecule has 112 valence electrons. The second kappa shape index (κ2) is 7.24. The Bertz CT molecular complexity index is 527.